The van der Waals surface area contributed by atoms with Crippen LogP contribution in [0.3, 0.4) is 0 Å². The van der Waals surface area contributed by atoms with E-state index in [9.17, 15) is 0 Å². The second-order valence-corrected chi connectivity index (χ2v) is 2.41. The third-order valence-electron chi connectivity index (χ3n) is 1.70. The molecule has 3 heteroatoms. The summed E-state index contributed by atoms with van der Waals surface area (Å²) in [5, 5.41) is 1.31. The lowest BCUT2D eigenvalue weighted by molar-refractivity contribution is 0.518. The van der Waals surface area contributed by atoms with Gasteiger partial charge < -0.3 is 0 Å². The van der Waals surface area contributed by atoms with Gasteiger partial charge in [0, 0.05) is 6.07 Å². The molecule has 11 heavy (non-hydrogen) atoms. The Balaban J connectivity index is 2.55. The second kappa shape index (κ2) is 1.95. The van der Waals surface area contributed by atoms with Crippen LogP contribution >= 0.6 is 0 Å². The fraction of sp³-hybridized carbons (Fsp3) is 0. The molecule has 1 heterocycles. The molecule has 0 atom stereocenters. The molecule has 54 valence electrons. The Morgan fingerprint density at radius 1 is 1.36 bits per heavy atom. The van der Waals surface area contributed by atoms with Crippen molar-refractivity contribution in [3.05, 3.63) is 36.4 Å². The Kier molecular flexibility index (Phi) is 1.09. The molecular formula is C8H8N3+. The Morgan fingerprint density at radius 2 is 2.09 bits per heavy atom. The molecule has 0 bridgehead atoms. The van der Waals surface area contributed by atoms with Crippen LogP contribution in [0.1, 0.15) is 5.56 Å². The largest absolute Gasteiger partial charge is 0.299 e. The van der Waals surface area contributed by atoms with Crippen molar-refractivity contribution in [1.29, 1.82) is 0 Å². The van der Waals surface area contributed by atoms with Gasteiger partial charge in [0.1, 0.15) is 0 Å². The van der Waals surface area contributed by atoms with E-state index < -0.39 is 0 Å². The number of para-hydroxylation sites is 1. The third-order valence-corrected chi connectivity index (χ3v) is 1.70. The maximum Gasteiger partial charge on any atom is 0.299 e. The maximum atomic E-state index is 5.64. The summed E-state index contributed by atoms with van der Waals surface area (Å²) in [5.41, 5.74) is 5.36. The second-order valence-electron chi connectivity index (χ2n) is 2.41. The van der Waals surface area contributed by atoms with Gasteiger partial charge in [0.05, 0.1) is 6.58 Å². The van der Waals surface area contributed by atoms with Crippen molar-refractivity contribution in [1.82, 2.24) is 5.12 Å². The molecule has 0 radical (unpaired) electrons. The predicted octanol–water partition coefficient (Wildman–Crippen LogP) is 0.977. The van der Waals surface area contributed by atoms with Gasteiger partial charge in [0.2, 0.25) is 0 Å². The monoisotopic (exact) mass is 146 g/mol. The van der Waals surface area contributed by atoms with Crippen molar-refractivity contribution in [2.24, 2.45) is 5.84 Å². The Hall–Kier alpha value is -1.57. The SMILES string of the molecule is [CH+]=C1c2ccccc2NN1N. The zero-order valence-corrected chi connectivity index (χ0v) is 5.91. The van der Waals surface area contributed by atoms with Crippen molar-refractivity contribution >= 4 is 11.4 Å². The molecule has 0 amide bonds. The number of fused-ring (bicyclic) bond motifs is 1. The number of nitrogens with one attached hydrogen (secondary N) is 1. The van der Waals surface area contributed by atoms with E-state index in [0.29, 0.717) is 5.70 Å². The van der Waals surface area contributed by atoms with Crippen LogP contribution in [0, 0.1) is 6.58 Å². The molecule has 0 aromatic heterocycles. The van der Waals surface area contributed by atoms with Gasteiger partial charge in [-0.15, -0.1) is 0 Å². The highest BCUT2D eigenvalue weighted by Gasteiger charge is 2.28. The number of nitrogens with zero attached hydrogens (tertiary/aromatic N) is 1. The van der Waals surface area contributed by atoms with Crippen LogP contribution in [-0.4, -0.2) is 5.12 Å². The molecule has 1 aromatic rings. The van der Waals surface area contributed by atoms with E-state index in [4.69, 9.17) is 12.4 Å². The number of hydrogen-bond acceptors (Lipinski definition) is 3. The molecule has 3 nitrogen and oxygen atoms in total. The first kappa shape index (κ1) is 6.16. The van der Waals surface area contributed by atoms with Crippen LogP contribution in [-0.2, 0) is 0 Å². The highest BCUT2D eigenvalue weighted by atomic mass is 15.7. The van der Waals surface area contributed by atoms with Crippen molar-refractivity contribution in [2.45, 2.75) is 0 Å². The summed E-state index contributed by atoms with van der Waals surface area (Å²) in [6, 6.07) is 7.70. The quantitative estimate of drug-likeness (QED) is 0.423. The lowest BCUT2D eigenvalue weighted by Crippen LogP contribution is -2.29. The smallest absolute Gasteiger partial charge is 0.261 e. The van der Waals surface area contributed by atoms with E-state index in [-0.39, 0.29) is 0 Å². The van der Waals surface area contributed by atoms with Gasteiger partial charge in [-0.2, -0.15) is 5.12 Å². The summed E-state index contributed by atoms with van der Waals surface area (Å²) < 4.78 is 0. The normalized spacial score (nSPS) is 14.5. The summed E-state index contributed by atoms with van der Waals surface area (Å²) in [6.45, 7) is 5.64. The van der Waals surface area contributed by atoms with Crippen molar-refractivity contribution in [3.63, 3.8) is 0 Å². The average Bonchev–Trinajstić information content (AvgIpc) is 2.30. The molecule has 1 aliphatic heterocycles. The minimum absolute atomic E-state index is 0.556. The first-order valence-corrected chi connectivity index (χ1v) is 3.32. The van der Waals surface area contributed by atoms with Crippen LogP contribution in [0.25, 0.3) is 5.70 Å². The minimum atomic E-state index is 0.556. The summed E-state index contributed by atoms with van der Waals surface area (Å²) in [7, 11) is 0. The maximum absolute atomic E-state index is 5.64. The van der Waals surface area contributed by atoms with Crippen molar-refractivity contribution < 1.29 is 0 Å². The van der Waals surface area contributed by atoms with Crippen LogP contribution in [0.2, 0.25) is 0 Å². The van der Waals surface area contributed by atoms with E-state index >= 15 is 0 Å². The molecule has 1 aromatic carbocycles. The van der Waals surface area contributed by atoms with Gasteiger partial charge >= 0.3 is 0 Å². The van der Waals surface area contributed by atoms with Crippen LogP contribution in [0.4, 0.5) is 5.69 Å². The summed E-state index contributed by atoms with van der Waals surface area (Å²) in [6.07, 6.45) is 0. The van der Waals surface area contributed by atoms with Gasteiger partial charge in [-0.25, -0.2) is 5.84 Å². The minimum Gasteiger partial charge on any atom is -0.261 e. The first-order valence-electron chi connectivity index (χ1n) is 3.32. The standard InChI is InChI=1S/C8H8N3/c1-6-7-4-2-3-5-8(7)10-11(6)9/h1-5,10H,9H2/q+1. The molecule has 2 rings (SSSR count). The highest BCUT2D eigenvalue weighted by Crippen LogP contribution is 2.29. The lowest BCUT2D eigenvalue weighted by atomic mass is 10.1. The molecule has 1 aliphatic rings. The number of rotatable bonds is 0. The highest BCUT2D eigenvalue weighted by molar-refractivity contribution is 5.78. The number of anilines is 1. The van der Waals surface area contributed by atoms with Crippen LogP contribution in [0.5, 0.6) is 0 Å². The van der Waals surface area contributed by atoms with Gasteiger partial charge in [-0.1, -0.05) is 6.07 Å². The van der Waals surface area contributed by atoms with Gasteiger partial charge in [-0.05, 0) is 12.1 Å². The van der Waals surface area contributed by atoms with Gasteiger partial charge in [0.15, 0.2) is 11.3 Å². The number of benzene rings is 1. The van der Waals surface area contributed by atoms with E-state index in [1.54, 1.807) is 0 Å². The van der Waals surface area contributed by atoms with Crippen LogP contribution < -0.4 is 11.3 Å². The van der Waals surface area contributed by atoms with E-state index in [2.05, 4.69) is 5.43 Å². The third kappa shape index (κ3) is 0.759. The van der Waals surface area contributed by atoms with Crippen molar-refractivity contribution in [3.8, 4) is 0 Å². The molecular weight excluding hydrogens is 138 g/mol. The predicted molar refractivity (Wildman–Crippen MR) is 43.8 cm³/mol. The van der Waals surface area contributed by atoms with Gasteiger partial charge in [-0.3, -0.25) is 5.43 Å². The molecule has 0 saturated heterocycles. The summed E-state index contributed by atoms with van der Waals surface area (Å²) in [5.74, 6) is 5.49. The Morgan fingerprint density at radius 3 is 2.82 bits per heavy atom. The zero-order chi connectivity index (χ0) is 7.84. The molecule has 0 aliphatic carbocycles. The van der Waals surface area contributed by atoms with E-state index in [1.165, 1.54) is 5.12 Å². The molecule has 0 fully saturated rings. The fourth-order valence-electron chi connectivity index (χ4n) is 1.12. The number of nitrogens with two attached hydrogens (primary N) is 1. The summed E-state index contributed by atoms with van der Waals surface area (Å²) >= 11 is 0. The molecule has 0 saturated carbocycles. The molecule has 3 N–H and O–H groups in total. The molecule has 0 spiro atoms. The lowest BCUT2D eigenvalue weighted by Gasteiger charge is -2.03. The number of hydrazine groups is 2. The average molecular weight is 146 g/mol. The first-order chi connectivity index (χ1) is 5.29. The Labute approximate surface area is 65.1 Å². The number of hydrogen-bond donors (Lipinski definition) is 2. The van der Waals surface area contributed by atoms with E-state index in [1.807, 2.05) is 24.3 Å². The fourth-order valence-corrected chi connectivity index (χ4v) is 1.12. The zero-order valence-electron chi connectivity index (χ0n) is 5.91. The van der Waals surface area contributed by atoms with E-state index in [0.717, 1.165) is 11.3 Å². The van der Waals surface area contributed by atoms with Crippen LogP contribution in [0.15, 0.2) is 24.3 Å². The Bertz CT molecular complexity index is 306. The van der Waals surface area contributed by atoms with Gasteiger partial charge in [0.25, 0.3) is 5.70 Å². The topological polar surface area (TPSA) is 41.3 Å². The van der Waals surface area contributed by atoms with Crippen molar-refractivity contribution in [2.75, 3.05) is 5.43 Å². The summed E-state index contributed by atoms with van der Waals surface area (Å²) in [4.78, 5) is 0. The molecule has 0 unspecified atom stereocenters.